The lowest BCUT2D eigenvalue weighted by atomic mass is 10.2. The Morgan fingerprint density at radius 2 is 1.72 bits per heavy atom. The van der Waals surface area contributed by atoms with E-state index in [1.165, 1.54) is 0 Å². The summed E-state index contributed by atoms with van der Waals surface area (Å²) in [6, 6.07) is 17.6. The predicted molar refractivity (Wildman–Crippen MR) is 126 cm³/mol. The van der Waals surface area contributed by atoms with Gasteiger partial charge in [0.05, 0.1) is 13.3 Å². The Bertz CT molecular complexity index is 1100. The molecular formula is C25H30N4O3. The highest BCUT2D eigenvalue weighted by molar-refractivity contribution is 5.59. The highest BCUT2D eigenvalue weighted by atomic mass is 16.5. The SMILES string of the molecule is CCc1c(C)nc2n(c1=O)CN(CCCOC)CN2c1ccc(Oc2ccccc2)cc1. The molecule has 0 radical (unpaired) electrons. The summed E-state index contributed by atoms with van der Waals surface area (Å²) in [5.74, 6) is 2.24. The Morgan fingerprint density at radius 3 is 2.41 bits per heavy atom. The van der Waals surface area contributed by atoms with Crippen molar-refractivity contribution in [3.8, 4) is 11.5 Å². The number of hydrogen-bond acceptors (Lipinski definition) is 6. The van der Waals surface area contributed by atoms with Crippen LogP contribution in [-0.4, -0.2) is 41.4 Å². The molecule has 1 aliphatic rings. The van der Waals surface area contributed by atoms with E-state index in [1.54, 1.807) is 11.7 Å². The molecule has 4 rings (SSSR count). The van der Waals surface area contributed by atoms with Crippen molar-refractivity contribution in [1.29, 1.82) is 0 Å². The molecule has 0 bridgehead atoms. The minimum Gasteiger partial charge on any atom is -0.457 e. The summed E-state index contributed by atoms with van der Waals surface area (Å²) in [6.07, 6.45) is 1.57. The maximum absolute atomic E-state index is 13.2. The summed E-state index contributed by atoms with van der Waals surface area (Å²) in [5.41, 5.74) is 2.58. The van der Waals surface area contributed by atoms with Gasteiger partial charge in [0.15, 0.2) is 0 Å². The maximum atomic E-state index is 13.2. The molecule has 32 heavy (non-hydrogen) atoms. The number of hydrogen-bond donors (Lipinski definition) is 0. The molecule has 168 valence electrons. The lowest BCUT2D eigenvalue weighted by Crippen LogP contribution is -2.48. The predicted octanol–water partition coefficient (Wildman–Crippen LogP) is 4.31. The minimum absolute atomic E-state index is 0.0421. The highest BCUT2D eigenvalue weighted by Gasteiger charge is 2.27. The van der Waals surface area contributed by atoms with Crippen LogP contribution in [0.25, 0.3) is 0 Å². The summed E-state index contributed by atoms with van der Waals surface area (Å²) in [4.78, 5) is 22.4. The first kappa shape index (κ1) is 22.0. The summed E-state index contributed by atoms with van der Waals surface area (Å²) in [5, 5.41) is 0. The van der Waals surface area contributed by atoms with E-state index in [9.17, 15) is 4.79 Å². The topological polar surface area (TPSA) is 59.8 Å². The van der Waals surface area contributed by atoms with Crippen LogP contribution in [0.4, 0.5) is 11.6 Å². The number of methoxy groups -OCH3 is 1. The lowest BCUT2D eigenvalue weighted by Gasteiger charge is -2.38. The summed E-state index contributed by atoms with van der Waals surface area (Å²) in [7, 11) is 1.71. The van der Waals surface area contributed by atoms with Gasteiger partial charge < -0.3 is 9.47 Å². The standard InChI is InChI=1S/C25H30N4O3/c1-4-23-19(2)26-25-28(17-27(15-8-16-31-3)18-29(25)24(23)30)20-11-13-22(14-12-20)32-21-9-6-5-7-10-21/h5-7,9-14H,4,8,15-18H2,1-3H3. The lowest BCUT2D eigenvalue weighted by molar-refractivity contribution is 0.150. The van der Waals surface area contributed by atoms with Crippen LogP contribution in [0.1, 0.15) is 24.6 Å². The fourth-order valence-corrected chi connectivity index (χ4v) is 4.02. The molecule has 7 heteroatoms. The molecule has 3 aromatic rings. The van der Waals surface area contributed by atoms with Crippen molar-refractivity contribution in [2.75, 3.05) is 31.8 Å². The molecule has 2 heterocycles. The first-order valence-corrected chi connectivity index (χ1v) is 11.0. The van der Waals surface area contributed by atoms with Crippen LogP contribution >= 0.6 is 0 Å². The van der Waals surface area contributed by atoms with Gasteiger partial charge in [-0.05, 0) is 56.2 Å². The zero-order valence-corrected chi connectivity index (χ0v) is 19.0. The van der Waals surface area contributed by atoms with Gasteiger partial charge in [-0.1, -0.05) is 25.1 Å². The molecular weight excluding hydrogens is 404 g/mol. The quantitative estimate of drug-likeness (QED) is 0.493. The number of ether oxygens (including phenoxy) is 2. The van der Waals surface area contributed by atoms with Crippen molar-refractivity contribution in [2.24, 2.45) is 0 Å². The third-order valence-corrected chi connectivity index (χ3v) is 5.68. The molecule has 0 saturated heterocycles. The maximum Gasteiger partial charge on any atom is 0.259 e. The number of fused-ring (bicyclic) bond motifs is 1. The van der Waals surface area contributed by atoms with Crippen LogP contribution in [0.5, 0.6) is 11.5 Å². The Hall–Kier alpha value is -3.16. The van der Waals surface area contributed by atoms with E-state index in [-0.39, 0.29) is 5.56 Å². The van der Waals surface area contributed by atoms with Gasteiger partial charge in [0.1, 0.15) is 11.5 Å². The Morgan fingerprint density at radius 1 is 1.00 bits per heavy atom. The molecule has 7 nitrogen and oxygen atoms in total. The second-order valence-corrected chi connectivity index (χ2v) is 7.92. The molecule has 0 unspecified atom stereocenters. The first-order valence-electron chi connectivity index (χ1n) is 11.0. The van der Waals surface area contributed by atoms with Crippen molar-refractivity contribution in [3.05, 3.63) is 76.2 Å². The number of para-hydroxylation sites is 1. The van der Waals surface area contributed by atoms with Gasteiger partial charge in [-0.2, -0.15) is 0 Å². The van der Waals surface area contributed by atoms with Gasteiger partial charge in [-0.3, -0.25) is 19.2 Å². The van der Waals surface area contributed by atoms with Crippen LogP contribution < -0.4 is 15.2 Å². The fraction of sp³-hybridized carbons (Fsp3) is 0.360. The Kier molecular flexibility index (Phi) is 6.87. The Balaban J connectivity index is 1.65. The third-order valence-electron chi connectivity index (χ3n) is 5.68. The monoisotopic (exact) mass is 434 g/mol. The number of aromatic nitrogens is 2. The summed E-state index contributed by atoms with van der Waals surface area (Å²) in [6.45, 7) is 6.63. The average Bonchev–Trinajstić information content (AvgIpc) is 2.81. The van der Waals surface area contributed by atoms with Crippen LogP contribution in [0.2, 0.25) is 0 Å². The van der Waals surface area contributed by atoms with Gasteiger partial charge >= 0.3 is 0 Å². The van der Waals surface area contributed by atoms with Crippen LogP contribution in [0, 0.1) is 6.92 Å². The molecule has 0 spiro atoms. The van der Waals surface area contributed by atoms with Crippen molar-refractivity contribution in [3.63, 3.8) is 0 Å². The van der Waals surface area contributed by atoms with Crippen LogP contribution in [-0.2, 0) is 17.8 Å². The largest absolute Gasteiger partial charge is 0.457 e. The molecule has 0 saturated carbocycles. The normalized spacial score (nSPS) is 13.8. The molecule has 1 aromatic heterocycles. The number of anilines is 2. The van der Waals surface area contributed by atoms with E-state index in [1.807, 2.05) is 68.4 Å². The molecule has 0 fully saturated rings. The molecule has 0 aliphatic carbocycles. The second kappa shape index (κ2) is 9.97. The summed E-state index contributed by atoms with van der Waals surface area (Å²) >= 11 is 0. The molecule has 2 aromatic carbocycles. The first-order chi connectivity index (χ1) is 15.6. The zero-order chi connectivity index (χ0) is 22.5. The smallest absolute Gasteiger partial charge is 0.259 e. The molecule has 0 amide bonds. The van der Waals surface area contributed by atoms with E-state index in [4.69, 9.17) is 14.5 Å². The van der Waals surface area contributed by atoms with E-state index in [0.717, 1.165) is 41.4 Å². The second-order valence-electron chi connectivity index (χ2n) is 7.92. The van der Waals surface area contributed by atoms with E-state index in [0.29, 0.717) is 32.3 Å². The van der Waals surface area contributed by atoms with Crippen molar-refractivity contribution in [2.45, 2.75) is 33.4 Å². The van der Waals surface area contributed by atoms with E-state index < -0.39 is 0 Å². The van der Waals surface area contributed by atoms with Crippen LogP contribution in [0.15, 0.2) is 59.4 Å². The highest BCUT2D eigenvalue weighted by Crippen LogP contribution is 2.30. The van der Waals surface area contributed by atoms with Gasteiger partial charge in [0.2, 0.25) is 5.95 Å². The zero-order valence-electron chi connectivity index (χ0n) is 19.0. The third kappa shape index (κ3) is 4.69. The van der Waals surface area contributed by atoms with Gasteiger partial charge in [0, 0.05) is 37.2 Å². The fourth-order valence-electron chi connectivity index (χ4n) is 4.02. The average molecular weight is 435 g/mol. The van der Waals surface area contributed by atoms with Crippen molar-refractivity contribution in [1.82, 2.24) is 14.5 Å². The number of nitrogens with zero attached hydrogens (tertiary/aromatic N) is 4. The van der Waals surface area contributed by atoms with Gasteiger partial charge in [-0.15, -0.1) is 0 Å². The minimum atomic E-state index is 0.0421. The van der Waals surface area contributed by atoms with Gasteiger partial charge in [0.25, 0.3) is 5.56 Å². The number of aryl methyl sites for hydroxylation is 1. The molecule has 0 N–H and O–H groups in total. The van der Waals surface area contributed by atoms with Crippen LogP contribution in [0.3, 0.4) is 0 Å². The number of rotatable bonds is 8. The van der Waals surface area contributed by atoms with Crippen molar-refractivity contribution >= 4 is 11.6 Å². The van der Waals surface area contributed by atoms with Crippen molar-refractivity contribution < 1.29 is 9.47 Å². The Labute approximate surface area is 188 Å². The molecule has 1 aliphatic heterocycles. The van der Waals surface area contributed by atoms with E-state index >= 15 is 0 Å². The summed E-state index contributed by atoms with van der Waals surface area (Å²) < 4.78 is 12.9. The molecule has 0 atom stereocenters. The van der Waals surface area contributed by atoms with Gasteiger partial charge in [-0.25, -0.2) is 4.98 Å². The number of benzene rings is 2. The van der Waals surface area contributed by atoms with E-state index in [2.05, 4.69) is 9.80 Å².